The molecule has 2 fully saturated rings. The van der Waals surface area contributed by atoms with Gasteiger partial charge in [0.15, 0.2) is 11.6 Å². The number of nitrogens with two attached hydrogens (primary N) is 1. The number of aliphatic hydroxyl groups excluding tert-OH is 1. The predicted molar refractivity (Wildman–Crippen MR) is 111 cm³/mol. The highest BCUT2D eigenvalue weighted by Crippen LogP contribution is 2.34. The first kappa shape index (κ1) is 21.8. The van der Waals surface area contributed by atoms with Crippen LogP contribution in [0.3, 0.4) is 0 Å². The van der Waals surface area contributed by atoms with E-state index in [1.807, 2.05) is 9.80 Å². The lowest BCUT2D eigenvalue weighted by atomic mass is 9.84. The van der Waals surface area contributed by atoms with Crippen LogP contribution in [-0.4, -0.2) is 71.5 Å². The smallest absolute Gasteiger partial charge is 0.266 e. The van der Waals surface area contributed by atoms with E-state index < -0.39 is 11.9 Å². The van der Waals surface area contributed by atoms with Crippen LogP contribution in [0, 0.1) is 11.7 Å². The number of aliphatic hydroxyl groups is 1. The number of anilines is 1. The van der Waals surface area contributed by atoms with E-state index in [0.29, 0.717) is 32.1 Å². The lowest BCUT2D eigenvalue weighted by molar-refractivity contribution is -0.138. The number of aromatic nitrogens is 2. The maximum Gasteiger partial charge on any atom is 0.266 e. The van der Waals surface area contributed by atoms with Crippen molar-refractivity contribution in [2.24, 2.45) is 11.7 Å². The Hall–Kier alpha value is -2.43. The summed E-state index contributed by atoms with van der Waals surface area (Å²) in [4.78, 5) is 20.6. The predicted octanol–water partition coefficient (Wildman–Crippen LogP) is 1.68. The molecule has 31 heavy (non-hydrogen) atoms. The van der Waals surface area contributed by atoms with Gasteiger partial charge < -0.3 is 29.9 Å². The zero-order valence-corrected chi connectivity index (χ0v) is 17.7. The second-order valence-electron chi connectivity index (χ2n) is 7.86. The molecule has 2 aromatic rings. The molecule has 1 amide bonds. The minimum atomic E-state index is -0.660. The summed E-state index contributed by atoms with van der Waals surface area (Å²) < 4.78 is 25.0. The first-order valence-corrected chi connectivity index (χ1v) is 10.7. The molecule has 1 aromatic heterocycles. The molecule has 0 radical (unpaired) electrons. The van der Waals surface area contributed by atoms with Gasteiger partial charge in [-0.15, -0.1) is 0 Å². The van der Waals surface area contributed by atoms with Gasteiger partial charge in [-0.1, -0.05) is 18.0 Å². The van der Waals surface area contributed by atoms with Crippen LogP contribution in [0.2, 0.25) is 5.02 Å². The number of ether oxygens (including phenoxy) is 1. The van der Waals surface area contributed by atoms with Crippen molar-refractivity contribution >= 4 is 23.5 Å². The number of benzene rings is 1. The van der Waals surface area contributed by atoms with Crippen molar-refractivity contribution in [3.05, 3.63) is 23.0 Å². The fourth-order valence-electron chi connectivity index (χ4n) is 3.55. The number of nitrogens with zero attached hydrogens (tertiary/aromatic N) is 4. The molecule has 1 saturated carbocycles. The van der Waals surface area contributed by atoms with Crippen molar-refractivity contribution in [1.82, 2.24) is 15.0 Å². The molecule has 9 nitrogen and oxygen atoms in total. The van der Waals surface area contributed by atoms with Crippen molar-refractivity contribution in [2.45, 2.75) is 25.3 Å². The van der Waals surface area contributed by atoms with Crippen LogP contribution < -0.4 is 15.4 Å². The molecule has 2 aliphatic rings. The zero-order valence-electron chi connectivity index (χ0n) is 17.0. The van der Waals surface area contributed by atoms with Gasteiger partial charge in [-0.25, -0.2) is 4.39 Å². The molecule has 1 aromatic carbocycles. The van der Waals surface area contributed by atoms with E-state index in [1.165, 1.54) is 6.07 Å². The Bertz CT molecular complexity index is 930. The van der Waals surface area contributed by atoms with Crippen LogP contribution in [0.25, 0.3) is 11.5 Å². The second-order valence-corrected chi connectivity index (χ2v) is 8.26. The number of piperazine rings is 1. The van der Waals surface area contributed by atoms with Gasteiger partial charge >= 0.3 is 0 Å². The number of rotatable bonds is 7. The Morgan fingerprint density at radius 2 is 2.10 bits per heavy atom. The lowest BCUT2D eigenvalue weighted by Gasteiger charge is -2.37. The van der Waals surface area contributed by atoms with Gasteiger partial charge in [0, 0.05) is 38.2 Å². The summed E-state index contributed by atoms with van der Waals surface area (Å²) in [5.74, 6) is 0.148. The molecule has 11 heteroatoms. The number of hydrogen-bond donors (Lipinski definition) is 2. The average molecular weight is 454 g/mol. The van der Waals surface area contributed by atoms with Crippen molar-refractivity contribution in [3.63, 3.8) is 0 Å². The quantitative estimate of drug-likeness (QED) is 0.650. The summed E-state index contributed by atoms with van der Waals surface area (Å²) in [5, 5.41) is 13.1. The summed E-state index contributed by atoms with van der Waals surface area (Å²) in [6, 6.07) is 1.85. The highest BCUT2D eigenvalue weighted by Gasteiger charge is 2.32. The third-order valence-corrected chi connectivity index (χ3v) is 6.00. The minimum Gasteiger partial charge on any atom is -0.489 e. The van der Waals surface area contributed by atoms with Crippen LogP contribution in [0.1, 0.15) is 19.3 Å². The summed E-state index contributed by atoms with van der Waals surface area (Å²) in [6.07, 6.45) is 3.11. The molecule has 0 bridgehead atoms. The molecule has 1 saturated heterocycles. The molecular formula is C20H25ClFN5O4. The third-order valence-electron chi connectivity index (χ3n) is 5.68. The minimum absolute atomic E-state index is 0.0526. The second kappa shape index (κ2) is 9.37. The van der Waals surface area contributed by atoms with Gasteiger partial charge in [0.2, 0.25) is 5.91 Å². The molecule has 1 aliphatic carbocycles. The van der Waals surface area contributed by atoms with Crippen LogP contribution >= 0.6 is 11.6 Å². The van der Waals surface area contributed by atoms with Crippen molar-refractivity contribution in [1.29, 1.82) is 0 Å². The number of amides is 1. The molecule has 1 atom stereocenters. The lowest BCUT2D eigenvalue weighted by Crippen LogP contribution is -2.51. The van der Waals surface area contributed by atoms with E-state index in [0.717, 1.165) is 25.3 Å². The fraction of sp³-hybridized carbons (Fsp3) is 0.550. The van der Waals surface area contributed by atoms with Crippen LogP contribution in [0.4, 0.5) is 10.3 Å². The van der Waals surface area contributed by atoms with E-state index in [2.05, 4.69) is 10.1 Å². The van der Waals surface area contributed by atoms with Crippen LogP contribution in [0.15, 0.2) is 16.7 Å². The summed E-state index contributed by atoms with van der Waals surface area (Å²) in [6.45, 7) is 2.08. The zero-order chi connectivity index (χ0) is 22.0. The first-order valence-electron chi connectivity index (χ1n) is 10.3. The summed E-state index contributed by atoms with van der Waals surface area (Å²) in [7, 11) is 0. The van der Waals surface area contributed by atoms with Crippen LogP contribution in [-0.2, 0) is 4.79 Å². The molecule has 0 spiro atoms. The van der Waals surface area contributed by atoms with E-state index in [4.69, 9.17) is 31.7 Å². The maximum atomic E-state index is 14.4. The molecule has 4 rings (SSSR count). The average Bonchev–Trinajstić information content (AvgIpc) is 3.22. The number of carbonyl (C=O) groups excluding carboxylic acids is 1. The number of halogens is 2. The van der Waals surface area contributed by atoms with Gasteiger partial charge in [-0.2, -0.15) is 4.98 Å². The Morgan fingerprint density at radius 1 is 1.35 bits per heavy atom. The van der Waals surface area contributed by atoms with Gasteiger partial charge in [-0.05, 0) is 24.1 Å². The Kier molecular flexibility index (Phi) is 6.59. The molecule has 1 aliphatic heterocycles. The van der Waals surface area contributed by atoms with Gasteiger partial charge in [0.25, 0.3) is 11.8 Å². The van der Waals surface area contributed by atoms with Crippen molar-refractivity contribution in [2.75, 3.05) is 44.3 Å². The molecule has 0 unspecified atom stereocenters. The Balaban J connectivity index is 1.40. The SMILES string of the molecule is N[C@H](CO)COc1cc(Cl)c(-c2nc(N3CCN(C(=O)C4CCC4)CC3)no2)cc1F. The normalized spacial score (nSPS) is 18.1. The van der Waals surface area contributed by atoms with Crippen molar-refractivity contribution < 1.29 is 23.6 Å². The largest absolute Gasteiger partial charge is 0.489 e. The Morgan fingerprint density at radius 3 is 2.74 bits per heavy atom. The molecular weight excluding hydrogens is 429 g/mol. The molecule has 2 heterocycles. The standard InChI is InChI=1S/C20H25ClFN5O4/c21-15-9-17(30-11-13(23)10-28)16(22)8-14(15)18-24-20(25-31-18)27-6-4-26(5-7-27)19(29)12-2-1-3-12/h8-9,12-13,28H,1-7,10-11,23H2/t13-/m1/s1. The molecule has 3 N–H and O–H groups in total. The van der Waals surface area contributed by atoms with Crippen LogP contribution in [0.5, 0.6) is 5.75 Å². The van der Waals surface area contributed by atoms with Gasteiger partial charge in [-0.3, -0.25) is 4.79 Å². The Labute approximate surface area is 183 Å². The van der Waals surface area contributed by atoms with E-state index in [-0.39, 0.29) is 47.3 Å². The fourth-order valence-corrected chi connectivity index (χ4v) is 3.78. The summed E-state index contributed by atoms with van der Waals surface area (Å²) >= 11 is 6.27. The maximum absolute atomic E-state index is 14.4. The number of carbonyl (C=O) groups is 1. The van der Waals surface area contributed by atoms with Gasteiger partial charge in [0.1, 0.15) is 6.61 Å². The van der Waals surface area contributed by atoms with E-state index >= 15 is 0 Å². The van der Waals surface area contributed by atoms with Gasteiger partial charge in [0.05, 0.1) is 23.2 Å². The highest BCUT2D eigenvalue weighted by atomic mass is 35.5. The third kappa shape index (κ3) is 4.76. The summed E-state index contributed by atoms with van der Waals surface area (Å²) in [5.41, 5.74) is 5.81. The first-order chi connectivity index (χ1) is 15.0. The number of hydrogen-bond acceptors (Lipinski definition) is 8. The monoisotopic (exact) mass is 453 g/mol. The topological polar surface area (TPSA) is 118 Å². The van der Waals surface area contributed by atoms with Crippen molar-refractivity contribution in [3.8, 4) is 17.2 Å². The highest BCUT2D eigenvalue weighted by molar-refractivity contribution is 6.33. The van der Waals surface area contributed by atoms with E-state index in [1.54, 1.807) is 0 Å². The van der Waals surface area contributed by atoms with E-state index in [9.17, 15) is 9.18 Å². The molecule has 168 valence electrons.